The van der Waals surface area contributed by atoms with E-state index < -0.39 is 0 Å². The first-order valence-corrected chi connectivity index (χ1v) is 4.44. The molecule has 1 aliphatic carbocycles. The normalized spacial score (nSPS) is 30.2. The third kappa shape index (κ3) is 1.40. The van der Waals surface area contributed by atoms with Crippen LogP contribution in [0.1, 0.15) is 40.5 Å². The second kappa shape index (κ2) is 2.84. The van der Waals surface area contributed by atoms with Crippen LogP contribution >= 0.6 is 0 Å². The van der Waals surface area contributed by atoms with Gasteiger partial charge in [-0.1, -0.05) is 26.0 Å². The SMILES string of the molecule is C/C=C1\CCC(C)(C)\C1=C/C. The lowest BCUT2D eigenvalue weighted by Crippen LogP contribution is -2.07. The minimum Gasteiger partial charge on any atom is -0.0842 e. The van der Waals surface area contributed by atoms with Crippen molar-refractivity contribution in [2.75, 3.05) is 0 Å². The first kappa shape index (κ1) is 8.58. The van der Waals surface area contributed by atoms with Gasteiger partial charge >= 0.3 is 0 Å². The molecule has 0 radical (unpaired) electrons. The van der Waals surface area contributed by atoms with Crippen molar-refractivity contribution in [1.29, 1.82) is 0 Å². The van der Waals surface area contributed by atoms with Crippen LogP contribution in [-0.4, -0.2) is 0 Å². The van der Waals surface area contributed by atoms with Gasteiger partial charge in [-0.2, -0.15) is 0 Å². The van der Waals surface area contributed by atoms with E-state index in [-0.39, 0.29) is 0 Å². The molecule has 0 aromatic rings. The molecule has 62 valence electrons. The van der Waals surface area contributed by atoms with Crippen molar-refractivity contribution in [3.63, 3.8) is 0 Å². The standard InChI is InChI=1S/C11H18/c1-5-9-7-8-11(3,4)10(9)6-2/h5-6H,7-8H2,1-4H3/b9-5+,10-6-. The molecular weight excluding hydrogens is 132 g/mol. The molecule has 0 unspecified atom stereocenters. The monoisotopic (exact) mass is 150 g/mol. The summed E-state index contributed by atoms with van der Waals surface area (Å²) in [5.41, 5.74) is 3.54. The molecule has 1 fully saturated rings. The van der Waals surface area contributed by atoms with Gasteiger partial charge < -0.3 is 0 Å². The van der Waals surface area contributed by atoms with E-state index in [9.17, 15) is 0 Å². The quantitative estimate of drug-likeness (QED) is 0.494. The Morgan fingerprint density at radius 1 is 1.18 bits per heavy atom. The Bertz CT molecular complexity index is 204. The van der Waals surface area contributed by atoms with Crippen molar-refractivity contribution in [1.82, 2.24) is 0 Å². The number of hydrogen-bond acceptors (Lipinski definition) is 0. The van der Waals surface area contributed by atoms with Gasteiger partial charge in [-0.3, -0.25) is 0 Å². The zero-order chi connectivity index (χ0) is 8.48. The summed E-state index contributed by atoms with van der Waals surface area (Å²) in [6.45, 7) is 8.95. The number of rotatable bonds is 0. The molecule has 0 aromatic heterocycles. The van der Waals surface area contributed by atoms with Crippen molar-refractivity contribution in [2.45, 2.75) is 40.5 Å². The maximum Gasteiger partial charge on any atom is -0.0101 e. The molecule has 0 atom stereocenters. The lowest BCUT2D eigenvalue weighted by atomic mass is 9.86. The van der Waals surface area contributed by atoms with Crippen LogP contribution in [0.15, 0.2) is 23.3 Å². The van der Waals surface area contributed by atoms with Gasteiger partial charge in [0.05, 0.1) is 0 Å². The van der Waals surface area contributed by atoms with E-state index in [1.165, 1.54) is 12.8 Å². The smallest absolute Gasteiger partial charge is 0.0101 e. The van der Waals surface area contributed by atoms with E-state index in [0.717, 1.165) is 0 Å². The minimum atomic E-state index is 0.427. The predicted molar refractivity (Wildman–Crippen MR) is 50.5 cm³/mol. The van der Waals surface area contributed by atoms with Gasteiger partial charge in [0.2, 0.25) is 0 Å². The topological polar surface area (TPSA) is 0 Å². The highest BCUT2D eigenvalue weighted by Gasteiger charge is 2.30. The average Bonchev–Trinajstić information content (AvgIpc) is 2.24. The lowest BCUT2D eigenvalue weighted by Gasteiger charge is -2.19. The fourth-order valence-electron chi connectivity index (χ4n) is 2.03. The highest BCUT2D eigenvalue weighted by molar-refractivity contribution is 5.39. The van der Waals surface area contributed by atoms with Crippen molar-refractivity contribution >= 4 is 0 Å². The summed E-state index contributed by atoms with van der Waals surface area (Å²) in [4.78, 5) is 0. The van der Waals surface area contributed by atoms with Crippen LogP contribution in [0, 0.1) is 5.41 Å². The van der Waals surface area contributed by atoms with Crippen molar-refractivity contribution in [2.24, 2.45) is 5.41 Å². The Morgan fingerprint density at radius 3 is 2.18 bits per heavy atom. The molecule has 0 N–H and O–H groups in total. The van der Waals surface area contributed by atoms with Crippen LogP contribution in [0.25, 0.3) is 0 Å². The van der Waals surface area contributed by atoms with Gasteiger partial charge in [-0.25, -0.2) is 0 Å². The molecule has 0 aromatic carbocycles. The van der Waals surface area contributed by atoms with Crippen LogP contribution in [0.2, 0.25) is 0 Å². The van der Waals surface area contributed by atoms with Gasteiger partial charge in [0, 0.05) is 0 Å². The lowest BCUT2D eigenvalue weighted by molar-refractivity contribution is 0.461. The van der Waals surface area contributed by atoms with E-state index in [4.69, 9.17) is 0 Å². The molecule has 0 heterocycles. The molecule has 0 amide bonds. The summed E-state index contributed by atoms with van der Waals surface area (Å²) < 4.78 is 0. The molecule has 11 heavy (non-hydrogen) atoms. The van der Waals surface area contributed by atoms with E-state index in [1.54, 1.807) is 11.1 Å². The molecule has 0 spiro atoms. The van der Waals surface area contributed by atoms with Crippen LogP contribution < -0.4 is 0 Å². The fourth-order valence-corrected chi connectivity index (χ4v) is 2.03. The summed E-state index contributed by atoms with van der Waals surface area (Å²) >= 11 is 0. The molecule has 0 aliphatic heterocycles. The maximum atomic E-state index is 2.33. The van der Waals surface area contributed by atoms with Crippen LogP contribution in [0.3, 0.4) is 0 Å². The Labute approximate surface area is 70.0 Å². The summed E-state index contributed by atoms with van der Waals surface area (Å²) in [6, 6.07) is 0. The third-order valence-electron chi connectivity index (χ3n) is 2.73. The molecule has 0 saturated heterocycles. The molecule has 0 nitrogen and oxygen atoms in total. The van der Waals surface area contributed by atoms with E-state index in [0.29, 0.717) is 5.41 Å². The van der Waals surface area contributed by atoms with E-state index in [1.807, 2.05) is 0 Å². The van der Waals surface area contributed by atoms with Crippen LogP contribution in [0.5, 0.6) is 0 Å². The highest BCUT2D eigenvalue weighted by Crippen LogP contribution is 2.45. The second-order valence-corrected chi connectivity index (χ2v) is 3.90. The van der Waals surface area contributed by atoms with E-state index in [2.05, 4.69) is 39.8 Å². The molecule has 1 saturated carbocycles. The fraction of sp³-hybridized carbons (Fsp3) is 0.636. The summed E-state index contributed by atoms with van der Waals surface area (Å²) in [5.74, 6) is 0. The second-order valence-electron chi connectivity index (χ2n) is 3.90. The van der Waals surface area contributed by atoms with Crippen molar-refractivity contribution in [3.05, 3.63) is 23.3 Å². The third-order valence-corrected chi connectivity index (χ3v) is 2.73. The molecular formula is C11H18. The Hall–Kier alpha value is -0.520. The highest BCUT2D eigenvalue weighted by atomic mass is 14.4. The van der Waals surface area contributed by atoms with Crippen molar-refractivity contribution in [3.8, 4) is 0 Å². The first-order chi connectivity index (χ1) is 5.11. The van der Waals surface area contributed by atoms with Crippen molar-refractivity contribution < 1.29 is 0 Å². The molecule has 0 bridgehead atoms. The predicted octanol–water partition coefficient (Wildman–Crippen LogP) is 3.70. The van der Waals surface area contributed by atoms with Gasteiger partial charge in [0.1, 0.15) is 0 Å². The van der Waals surface area contributed by atoms with Gasteiger partial charge in [-0.15, -0.1) is 0 Å². The minimum absolute atomic E-state index is 0.427. The molecule has 0 heteroatoms. The number of allylic oxidation sites excluding steroid dienone is 4. The van der Waals surface area contributed by atoms with Crippen LogP contribution in [0.4, 0.5) is 0 Å². The van der Waals surface area contributed by atoms with E-state index >= 15 is 0 Å². The molecule has 1 rings (SSSR count). The summed E-state index contributed by atoms with van der Waals surface area (Å²) in [6.07, 6.45) is 7.10. The Kier molecular flexibility index (Phi) is 2.22. The van der Waals surface area contributed by atoms with Gasteiger partial charge in [-0.05, 0) is 43.3 Å². The zero-order valence-corrected chi connectivity index (χ0v) is 8.07. The first-order valence-electron chi connectivity index (χ1n) is 4.44. The zero-order valence-electron chi connectivity index (χ0n) is 8.07. The van der Waals surface area contributed by atoms with Gasteiger partial charge in [0.15, 0.2) is 0 Å². The summed E-state index contributed by atoms with van der Waals surface area (Å²) in [5, 5.41) is 0. The van der Waals surface area contributed by atoms with Gasteiger partial charge in [0.25, 0.3) is 0 Å². The Balaban J connectivity index is 2.99. The van der Waals surface area contributed by atoms with Crippen LogP contribution in [-0.2, 0) is 0 Å². The number of hydrogen-bond donors (Lipinski definition) is 0. The Morgan fingerprint density at radius 2 is 1.82 bits per heavy atom. The summed E-state index contributed by atoms with van der Waals surface area (Å²) in [7, 11) is 0. The maximum absolute atomic E-state index is 2.33. The molecule has 1 aliphatic rings. The largest absolute Gasteiger partial charge is 0.0842 e. The average molecular weight is 150 g/mol.